The first kappa shape index (κ1) is 8.29. The van der Waals surface area contributed by atoms with E-state index in [1.165, 1.54) is 0 Å². The first-order chi connectivity index (χ1) is 6.09. The third-order valence-electron chi connectivity index (χ3n) is 2.51. The van der Waals surface area contributed by atoms with Crippen LogP contribution < -0.4 is 0 Å². The molecule has 1 fully saturated rings. The van der Waals surface area contributed by atoms with Crippen LogP contribution in [0.5, 0.6) is 0 Å². The van der Waals surface area contributed by atoms with Gasteiger partial charge in [0.25, 0.3) is 0 Å². The Bertz CT molecular complexity index is 356. The van der Waals surface area contributed by atoms with Gasteiger partial charge in [-0.1, -0.05) is 0 Å². The van der Waals surface area contributed by atoms with Crippen LogP contribution in [0.15, 0.2) is 6.20 Å². The first-order valence-electron chi connectivity index (χ1n) is 4.32. The second kappa shape index (κ2) is 2.58. The molecule has 4 nitrogen and oxygen atoms in total. The smallest absolute Gasteiger partial charge is 0.307 e. The normalized spacial score (nSPS) is 26.0. The summed E-state index contributed by atoms with van der Waals surface area (Å²) in [5.41, 5.74) is 2.05. The van der Waals surface area contributed by atoms with Crippen LogP contribution in [-0.4, -0.2) is 20.9 Å². The maximum atomic E-state index is 10.6. The minimum absolute atomic E-state index is 0.152. The zero-order valence-corrected chi connectivity index (χ0v) is 7.69. The highest BCUT2D eigenvalue weighted by Gasteiger charge is 2.46. The van der Waals surface area contributed by atoms with Crippen LogP contribution in [-0.2, 0) is 11.8 Å². The summed E-state index contributed by atoms with van der Waals surface area (Å²) in [7, 11) is 1.86. The third kappa shape index (κ3) is 1.32. The van der Waals surface area contributed by atoms with Crippen molar-refractivity contribution in [2.75, 3.05) is 0 Å². The van der Waals surface area contributed by atoms with Gasteiger partial charge in [-0.3, -0.25) is 9.48 Å². The molecule has 0 amide bonds. The summed E-state index contributed by atoms with van der Waals surface area (Å²) < 4.78 is 1.74. The molecule has 0 saturated heterocycles. The Labute approximate surface area is 76.2 Å². The van der Waals surface area contributed by atoms with Crippen LogP contribution in [0, 0.1) is 12.8 Å². The molecule has 0 aromatic carbocycles. The Morgan fingerprint density at radius 3 is 2.85 bits per heavy atom. The molecule has 1 aromatic heterocycles. The van der Waals surface area contributed by atoms with Crippen molar-refractivity contribution in [3.05, 3.63) is 17.5 Å². The van der Waals surface area contributed by atoms with Crippen molar-refractivity contribution in [3.8, 4) is 0 Å². The zero-order valence-electron chi connectivity index (χ0n) is 7.69. The van der Waals surface area contributed by atoms with Crippen LogP contribution in [0.25, 0.3) is 0 Å². The highest BCUT2D eigenvalue weighted by Crippen LogP contribution is 2.47. The van der Waals surface area contributed by atoms with E-state index in [9.17, 15) is 4.79 Å². The number of rotatable bonds is 2. The van der Waals surface area contributed by atoms with Crippen molar-refractivity contribution < 1.29 is 9.90 Å². The summed E-state index contributed by atoms with van der Waals surface area (Å²) in [5.74, 6) is -0.748. The van der Waals surface area contributed by atoms with Crippen molar-refractivity contribution in [3.63, 3.8) is 0 Å². The lowest BCUT2D eigenvalue weighted by Gasteiger charge is -1.92. The molecule has 1 saturated carbocycles. The van der Waals surface area contributed by atoms with Gasteiger partial charge in [0.15, 0.2) is 0 Å². The monoisotopic (exact) mass is 180 g/mol. The predicted molar refractivity (Wildman–Crippen MR) is 46.4 cm³/mol. The van der Waals surface area contributed by atoms with Crippen LogP contribution in [0.2, 0.25) is 0 Å². The summed E-state index contributed by atoms with van der Waals surface area (Å²) in [6.45, 7) is 1.97. The number of aliphatic carboxylic acids is 1. The Hall–Kier alpha value is -1.32. The summed E-state index contributed by atoms with van der Waals surface area (Å²) in [4.78, 5) is 10.6. The minimum atomic E-state index is -0.699. The molecule has 1 aliphatic rings. The molecule has 13 heavy (non-hydrogen) atoms. The van der Waals surface area contributed by atoms with Gasteiger partial charge >= 0.3 is 5.97 Å². The van der Waals surface area contributed by atoms with Gasteiger partial charge in [0.05, 0.1) is 11.6 Å². The summed E-state index contributed by atoms with van der Waals surface area (Å²) >= 11 is 0. The molecule has 1 aliphatic carbocycles. The largest absolute Gasteiger partial charge is 0.481 e. The minimum Gasteiger partial charge on any atom is -0.481 e. The van der Waals surface area contributed by atoms with Gasteiger partial charge in [-0.15, -0.1) is 0 Å². The van der Waals surface area contributed by atoms with E-state index < -0.39 is 5.97 Å². The maximum absolute atomic E-state index is 10.6. The number of carbonyl (C=O) groups is 1. The molecule has 0 radical (unpaired) electrons. The number of aryl methyl sites for hydroxylation is 2. The standard InChI is InChI=1S/C9H12N2O2/c1-5-4-11(2)10-8(5)6-3-7(6)9(12)13/h4,6-7H,3H2,1-2H3,(H,12,13). The number of nitrogens with zero attached hydrogens (tertiary/aromatic N) is 2. The Morgan fingerprint density at radius 1 is 1.77 bits per heavy atom. The molecule has 0 aliphatic heterocycles. The second-order valence-electron chi connectivity index (χ2n) is 3.66. The van der Waals surface area contributed by atoms with Gasteiger partial charge in [-0.05, 0) is 18.9 Å². The SMILES string of the molecule is Cc1cn(C)nc1C1CC1C(=O)O. The van der Waals surface area contributed by atoms with E-state index in [0.717, 1.165) is 17.7 Å². The van der Waals surface area contributed by atoms with Crippen molar-refractivity contribution >= 4 is 5.97 Å². The van der Waals surface area contributed by atoms with Crippen molar-refractivity contribution in [2.45, 2.75) is 19.3 Å². The zero-order chi connectivity index (χ0) is 9.59. The molecule has 4 heteroatoms. The quantitative estimate of drug-likeness (QED) is 0.736. The van der Waals surface area contributed by atoms with E-state index in [2.05, 4.69) is 5.10 Å². The molecule has 0 spiro atoms. The summed E-state index contributed by atoms with van der Waals surface area (Å²) in [6, 6.07) is 0. The summed E-state index contributed by atoms with van der Waals surface area (Å²) in [6.07, 6.45) is 2.67. The van der Waals surface area contributed by atoms with Crippen molar-refractivity contribution in [1.82, 2.24) is 9.78 Å². The number of hydrogen-bond donors (Lipinski definition) is 1. The van der Waals surface area contributed by atoms with E-state index in [4.69, 9.17) is 5.11 Å². The van der Waals surface area contributed by atoms with Crippen molar-refractivity contribution in [2.24, 2.45) is 13.0 Å². The lowest BCUT2D eigenvalue weighted by atomic mass is 10.2. The predicted octanol–water partition coefficient (Wildman–Crippen LogP) is 0.917. The van der Waals surface area contributed by atoms with Crippen LogP contribution in [0.4, 0.5) is 0 Å². The topological polar surface area (TPSA) is 55.1 Å². The Kier molecular flexibility index (Phi) is 1.65. The van der Waals surface area contributed by atoms with Gasteiger partial charge in [-0.25, -0.2) is 0 Å². The molecule has 0 bridgehead atoms. The van der Waals surface area contributed by atoms with Crippen molar-refractivity contribution in [1.29, 1.82) is 0 Å². The van der Waals surface area contributed by atoms with E-state index in [0.29, 0.717) is 0 Å². The fourth-order valence-electron chi connectivity index (χ4n) is 1.76. The molecule has 1 aromatic rings. The van der Waals surface area contributed by atoms with E-state index >= 15 is 0 Å². The van der Waals surface area contributed by atoms with Gasteiger partial charge in [0.2, 0.25) is 0 Å². The van der Waals surface area contributed by atoms with Gasteiger partial charge in [0.1, 0.15) is 0 Å². The van der Waals surface area contributed by atoms with E-state index in [-0.39, 0.29) is 11.8 Å². The molecule has 1 heterocycles. The molecule has 70 valence electrons. The highest BCUT2D eigenvalue weighted by atomic mass is 16.4. The number of carboxylic acids is 1. The Morgan fingerprint density at radius 2 is 2.46 bits per heavy atom. The molecular weight excluding hydrogens is 168 g/mol. The molecule has 1 N–H and O–H groups in total. The maximum Gasteiger partial charge on any atom is 0.307 e. The molecule has 2 rings (SSSR count). The van der Waals surface area contributed by atoms with Gasteiger partial charge < -0.3 is 5.11 Å². The first-order valence-corrected chi connectivity index (χ1v) is 4.32. The van der Waals surface area contributed by atoms with Crippen LogP contribution in [0.1, 0.15) is 23.6 Å². The second-order valence-corrected chi connectivity index (χ2v) is 3.66. The lowest BCUT2D eigenvalue weighted by Crippen LogP contribution is -2.00. The van der Waals surface area contributed by atoms with Gasteiger partial charge in [-0.2, -0.15) is 5.10 Å². The average Bonchev–Trinajstić information content (AvgIpc) is 2.73. The number of carboxylic acid groups (broad SMARTS) is 1. The number of hydrogen-bond acceptors (Lipinski definition) is 2. The van der Waals surface area contributed by atoms with E-state index in [1.54, 1.807) is 4.68 Å². The number of aromatic nitrogens is 2. The lowest BCUT2D eigenvalue weighted by molar-refractivity contribution is -0.138. The average molecular weight is 180 g/mol. The summed E-state index contributed by atoms with van der Waals surface area (Å²) in [5, 5.41) is 13.0. The van der Waals surface area contributed by atoms with E-state index in [1.807, 2.05) is 20.2 Å². The molecular formula is C9H12N2O2. The molecule has 2 atom stereocenters. The molecule has 2 unspecified atom stereocenters. The van der Waals surface area contributed by atoms with Gasteiger partial charge in [0, 0.05) is 19.2 Å². The highest BCUT2D eigenvalue weighted by molar-refractivity contribution is 5.75. The Balaban J connectivity index is 2.20. The fraction of sp³-hybridized carbons (Fsp3) is 0.556. The van der Waals surface area contributed by atoms with Crippen LogP contribution in [0.3, 0.4) is 0 Å². The fourth-order valence-corrected chi connectivity index (χ4v) is 1.76. The van der Waals surface area contributed by atoms with Crippen LogP contribution >= 0.6 is 0 Å². The third-order valence-corrected chi connectivity index (χ3v) is 2.51.